The topological polar surface area (TPSA) is 69.6 Å². The van der Waals surface area contributed by atoms with E-state index >= 15 is 0 Å². The van der Waals surface area contributed by atoms with Gasteiger partial charge >= 0.3 is 12.0 Å². The third kappa shape index (κ3) is 3.97. The number of hydrogen-bond acceptors (Lipinski definition) is 2. The molecule has 5 nitrogen and oxygen atoms in total. The maximum Gasteiger partial charge on any atom is 0.336 e. The molecule has 1 heterocycles. The van der Waals surface area contributed by atoms with Crippen LogP contribution < -0.4 is 5.32 Å². The standard InChI is InChI=1S/C15H19BrN2O3/c1-15(2)5-7-18(8-6-15)14(21)17-10-3-4-12(16)11(9-10)13(19)20/h3-4,9H,5-8H2,1-2H3,(H,17,21)(H,19,20). The Hall–Kier alpha value is -1.56. The summed E-state index contributed by atoms with van der Waals surface area (Å²) in [6.45, 7) is 5.86. The zero-order valence-corrected chi connectivity index (χ0v) is 13.7. The highest BCUT2D eigenvalue weighted by atomic mass is 79.9. The number of urea groups is 1. The summed E-state index contributed by atoms with van der Waals surface area (Å²) >= 11 is 3.18. The van der Waals surface area contributed by atoms with Crippen LogP contribution in [0.3, 0.4) is 0 Å². The van der Waals surface area contributed by atoms with E-state index in [0.29, 0.717) is 10.2 Å². The largest absolute Gasteiger partial charge is 0.478 e. The van der Waals surface area contributed by atoms with Gasteiger partial charge in [-0.05, 0) is 52.4 Å². The second kappa shape index (κ2) is 6.05. The third-order valence-corrected chi connectivity index (χ3v) is 4.54. The monoisotopic (exact) mass is 354 g/mol. The fourth-order valence-corrected chi connectivity index (χ4v) is 2.70. The molecule has 0 spiro atoms. The highest BCUT2D eigenvalue weighted by Gasteiger charge is 2.27. The first-order valence-corrected chi connectivity index (χ1v) is 7.67. The zero-order chi connectivity index (χ0) is 15.6. The van der Waals surface area contributed by atoms with Crippen LogP contribution in [-0.2, 0) is 0 Å². The molecule has 1 aromatic rings. The van der Waals surface area contributed by atoms with E-state index in [4.69, 9.17) is 5.11 Å². The number of anilines is 1. The van der Waals surface area contributed by atoms with Crippen molar-refractivity contribution in [1.29, 1.82) is 0 Å². The van der Waals surface area contributed by atoms with Crippen LogP contribution in [0, 0.1) is 5.41 Å². The van der Waals surface area contributed by atoms with Gasteiger partial charge in [0.1, 0.15) is 0 Å². The number of carbonyl (C=O) groups is 2. The minimum absolute atomic E-state index is 0.132. The number of aromatic carboxylic acids is 1. The van der Waals surface area contributed by atoms with Crippen molar-refractivity contribution < 1.29 is 14.7 Å². The normalized spacial score (nSPS) is 17.4. The van der Waals surface area contributed by atoms with Crippen LogP contribution in [0.15, 0.2) is 22.7 Å². The van der Waals surface area contributed by atoms with Gasteiger partial charge in [0.25, 0.3) is 0 Å². The molecule has 0 unspecified atom stereocenters. The van der Waals surface area contributed by atoms with Crippen molar-refractivity contribution >= 4 is 33.6 Å². The zero-order valence-electron chi connectivity index (χ0n) is 12.1. The van der Waals surface area contributed by atoms with Gasteiger partial charge in [-0.3, -0.25) is 0 Å². The second-order valence-electron chi connectivity index (χ2n) is 6.08. The molecular weight excluding hydrogens is 336 g/mol. The predicted molar refractivity (Wildman–Crippen MR) is 84.7 cm³/mol. The Bertz CT molecular complexity index is 562. The fraction of sp³-hybridized carbons (Fsp3) is 0.467. The van der Waals surface area contributed by atoms with E-state index in [1.165, 1.54) is 6.07 Å². The summed E-state index contributed by atoms with van der Waals surface area (Å²) in [5.41, 5.74) is 0.906. The average Bonchev–Trinajstić information content (AvgIpc) is 2.40. The Kier molecular flexibility index (Phi) is 4.56. The Labute approximate surface area is 132 Å². The Morgan fingerprint density at radius 2 is 1.90 bits per heavy atom. The van der Waals surface area contributed by atoms with Gasteiger partial charge in [0, 0.05) is 23.2 Å². The molecule has 0 atom stereocenters. The molecule has 1 aromatic carbocycles. The van der Waals surface area contributed by atoms with E-state index in [-0.39, 0.29) is 17.0 Å². The van der Waals surface area contributed by atoms with Crippen molar-refractivity contribution in [3.63, 3.8) is 0 Å². The lowest BCUT2D eigenvalue weighted by Gasteiger charge is -2.36. The maximum absolute atomic E-state index is 12.2. The highest BCUT2D eigenvalue weighted by Crippen LogP contribution is 2.30. The van der Waals surface area contributed by atoms with Gasteiger partial charge in [0.2, 0.25) is 0 Å². The first-order chi connectivity index (χ1) is 9.78. The lowest BCUT2D eigenvalue weighted by atomic mass is 9.83. The number of nitrogens with one attached hydrogen (secondary N) is 1. The van der Waals surface area contributed by atoms with E-state index in [9.17, 15) is 9.59 Å². The van der Waals surface area contributed by atoms with Gasteiger partial charge in [0.05, 0.1) is 5.56 Å². The number of hydrogen-bond donors (Lipinski definition) is 2. The number of likely N-dealkylation sites (tertiary alicyclic amines) is 1. The molecule has 0 bridgehead atoms. The molecule has 1 aliphatic rings. The number of benzene rings is 1. The Morgan fingerprint density at radius 1 is 1.29 bits per heavy atom. The molecule has 0 radical (unpaired) electrons. The Morgan fingerprint density at radius 3 is 2.48 bits per heavy atom. The molecule has 1 aliphatic heterocycles. The highest BCUT2D eigenvalue weighted by molar-refractivity contribution is 9.10. The van der Waals surface area contributed by atoms with Crippen molar-refractivity contribution in [3.8, 4) is 0 Å². The lowest BCUT2D eigenvalue weighted by molar-refractivity contribution is 0.0696. The van der Waals surface area contributed by atoms with Gasteiger partial charge in [-0.1, -0.05) is 13.8 Å². The number of piperidine rings is 1. The van der Waals surface area contributed by atoms with Crippen LogP contribution in [0.4, 0.5) is 10.5 Å². The number of nitrogens with zero attached hydrogens (tertiary/aromatic N) is 1. The van der Waals surface area contributed by atoms with E-state index in [1.54, 1.807) is 17.0 Å². The number of rotatable bonds is 2. The third-order valence-electron chi connectivity index (χ3n) is 3.85. The first kappa shape index (κ1) is 15.8. The minimum Gasteiger partial charge on any atom is -0.478 e. The van der Waals surface area contributed by atoms with Gasteiger partial charge in [-0.2, -0.15) is 0 Å². The number of halogens is 1. The van der Waals surface area contributed by atoms with Crippen LogP contribution in [-0.4, -0.2) is 35.1 Å². The summed E-state index contributed by atoms with van der Waals surface area (Å²) in [7, 11) is 0. The Balaban J connectivity index is 2.03. The summed E-state index contributed by atoms with van der Waals surface area (Å²) < 4.78 is 0.493. The molecule has 6 heteroatoms. The average molecular weight is 355 g/mol. The van der Waals surface area contributed by atoms with Crippen molar-refractivity contribution in [3.05, 3.63) is 28.2 Å². The van der Waals surface area contributed by atoms with Crippen molar-refractivity contribution in [2.45, 2.75) is 26.7 Å². The molecule has 0 aromatic heterocycles. The first-order valence-electron chi connectivity index (χ1n) is 6.87. The molecule has 0 aliphatic carbocycles. The lowest BCUT2D eigenvalue weighted by Crippen LogP contribution is -2.43. The molecule has 114 valence electrons. The molecule has 1 saturated heterocycles. The number of carboxylic acids is 1. The van der Waals surface area contributed by atoms with Crippen molar-refractivity contribution in [2.75, 3.05) is 18.4 Å². The summed E-state index contributed by atoms with van der Waals surface area (Å²) in [6.07, 6.45) is 1.95. The fourth-order valence-electron chi connectivity index (χ4n) is 2.28. The summed E-state index contributed by atoms with van der Waals surface area (Å²) in [5.74, 6) is -1.03. The van der Waals surface area contributed by atoms with Crippen LogP contribution in [0.1, 0.15) is 37.0 Å². The molecule has 2 N–H and O–H groups in total. The maximum atomic E-state index is 12.2. The van der Waals surface area contributed by atoms with Gasteiger partial charge in [0.15, 0.2) is 0 Å². The summed E-state index contributed by atoms with van der Waals surface area (Å²) in [5, 5.41) is 11.8. The van der Waals surface area contributed by atoms with Crippen LogP contribution >= 0.6 is 15.9 Å². The van der Waals surface area contributed by atoms with Crippen LogP contribution in [0.2, 0.25) is 0 Å². The molecule has 21 heavy (non-hydrogen) atoms. The van der Waals surface area contributed by atoms with Gasteiger partial charge in [-0.15, -0.1) is 0 Å². The van der Waals surface area contributed by atoms with Crippen LogP contribution in [0.25, 0.3) is 0 Å². The van der Waals surface area contributed by atoms with E-state index in [1.807, 2.05) is 0 Å². The van der Waals surface area contributed by atoms with Crippen LogP contribution in [0.5, 0.6) is 0 Å². The molecule has 2 rings (SSSR count). The minimum atomic E-state index is -1.03. The smallest absolute Gasteiger partial charge is 0.336 e. The summed E-state index contributed by atoms with van der Waals surface area (Å²) in [4.78, 5) is 25.1. The predicted octanol–water partition coefficient (Wildman–Crippen LogP) is 3.80. The second-order valence-corrected chi connectivity index (χ2v) is 6.94. The molecular formula is C15H19BrN2O3. The quantitative estimate of drug-likeness (QED) is 0.848. The molecule has 2 amide bonds. The number of amides is 2. The SMILES string of the molecule is CC1(C)CCN(C(=O)Nc2ccc(Br)c(C(=O)O)c2)CC1. The molecule has 1 fully saturated rings. The van der Waals surface area contributed by atoms with Gasteiger partial charge < -0.3 is 15.3 Å². The van der Waals surface area contributed by atoms with Crippen molar-refractivity contribution in [1.82, 2.24) is 4.90 Å². The number of carbonyl (C=O) groups excluding carboxylic acids is 1. The number of carboxylic acid groups (broad SMARTS) is 1. The van der Waals surface area contributed by atoms with Crippen molar-refractivity contribution in [2.24, 2.45) is 5.41 Å². The van der Waals surface area contributed by atoms with Gasteiger partial charge in [-0.25, -0.2) is 9.59 Å². The van der Waals surface area contributed by atoms with E-state index < -0.39 is 5.97 Å². The molecule has 0 saturated carbocycles. The van der Waals surface area contributed by atoms with E-state index in [0.717, 1.165) is 25.9 Å². The summed E-state index contributed by atoms with van der Waals surface area (Å²) in [6, 6.07) is 4.59. The van der Waals surface area contributed by atoms with E-state index in [2.05, 4.69) is 35.1 Å².